The van der Waals surface area contributed by atoms with Gasteiger partial charge in [-0.05, 0) is 41.8 Å². The van der Waals surface area contributed by atoms with Gasteiger partial charge >= 0.3 is 0 Å². The second kappa shape index (κ2) is 6.81. The molecule has 3 heteroatoms. The van der Waals surface area contributed by atoms with E-state index in [2.05, 4.69) is 46.6 Å². The second-order valence-corrected chi connectivity index (χ2v) is 6.32. The Morgan fingerprint density at radius 1 is 0.920 bits per heavy atom. The number of benzene rings is 3. The van der Waals surface area contributed by atoms with Gasteiger partial charge in [-0.15, -0.1) is 0 Å². The molecule has 0 saturated heterocycles. The molecule has 3 nitrogen and oxygen atoms in total. The van der Waals surface area contributed by atoms with Gasteiger partial charge < -0.3 is 10.2 Å². The molecule has 3 aromatic carbocycles. The molecule has 25 heavy (non-hydrogen) atoms. The maximum atomic E-state index is 12.4. The summed E-state index contributed by atoms with van der Waals surface area (Å²) in [4.78, 5) is 14.7. The zero-order valence-corrected chi connectivity index (χ0v) is 14.0. The third-order valence-corrected chi connectivity index (χ3v) is 4.59. The van der Waals surface area contributed by atoms with Crippen molar-refractivity contribution in [3.05, 3.63) is 95.6 Å². The molecule has 1 aliphatic rings. The molecule has 124 valence electrons. The van der Waals surface area contributed by atoms with Gasteiger partial charge in [-0.25, -0.2) is 0 Å². The van der Waals surface area contributed by atoms with Crippen LogP contribution in [0.4, 0.5) is 11.4 Å². The van der Waals surface area contributed by atoms with Gasteiger partial charge in [0.1, 0.15) is 0 Å². The Kier molecular flexibility index (Phi) is 4.21. The summed E-state index contributed by atoms with van der Waals surface area (Å²) >= 11 is 0. The minimum atomic E-state index is -0.0758. The molecule has 0 bridgehead atoms. The number of amides is 1. The van der Waals surface area contributed by atoms with Crippen LogP contribution < -0.4 is 10.2 Å². The highest BCUT2D eigenvalue weighted by molar-refractivity contribution is 6.04. The Morgan fingerprint density at radius 2 is 1.64 bits per heavy atom. The summed E-state index contributed by atoms with van der Waals surface area (Å²) in [5, 5.41) is 3.01. The SMILES string of the molecule is O=C(Nc1ccc2c(c1)N(Cc1ccccc1)CC2)c1ccccc1. The monoisotopic (exact) mass is 328 g/mol. The van der Waals surface area contributed by atoms with Crippen LogP contribution in [0.3, 0.4) is 0 Å². The van der Waals surface area contributed by atoms with Crippen molar-refractivity contribution in [1.82, 2.24) is 0 Å². The van der Waals surface area contributed by atoms with Crippen LogP contribution >= 0.6 is 0 Å². The Hall–Kier alpha value is -3.07. The normalized spacial score (nSPS) is 12.7. The fraction of sp³-hybridized carbons (Fsp3) is 0.136. The number of nitrogens with zero attached hydrogens (tertiary/aromatic N) is 1. The molecule has 0 fully saturated rings. The lowest BCUT2D eigenvalue weighted by atomic mass is 10.1. The topological polar surface area (TPSA) is 32.3 Å². The van der Waals surface area contributed by atoms with E-state index < -0.39 is 0 Å². The average molecular weight is 328 g/mol. The number of rotatable bonds is 4. The van der Waals surface area contributed by atoms with Crippen LogP contribution in [0, 0.1) is 0 Å². The number of hydrogen-bond donors (Lipinski definition) is 1. The molecule has 0 unspecified atom stereocenters. The van der Waals surface area contributed by atoms with Crippen molar-refractivity contribution < 1.29 is 4.79 Å². The average Bonchev–Trinajstić information content (AvgIpc) is 3.05. The van der Waals surface area contributed by atoms with Gasteiger partial charge in [0.15, 0.2) is 0 Å². The Labute approximate surface area is 147 Å². The fourth-order valence-electron chi connectivity index (χ4n) is 3.28. The quantitative estimate of drug-likeness (QED) is 0.765. The fourth-order valence-corrected chi connectivity index (χ4v) is 3.28. The molecule has 0 saturated carbocycles. The third-order valence-electron chi connectivity index (χ3n) is 4.59. The van der Waals surface area contributed by atoms with Gasteiger partial charge in [-0.1, -0.05) is 54.6 Å². The number of anilines is 2. The molecule has 0 spiro atoms. The second-order valence-electron chi connectivity index (χ2n) is 6.32. The summed E-state index contributed by atoms with van der Waals surface area (Å²) in [7, 11) is 0. The van der Waals surface area contributed by atoms with E-state index in [1.54, 1.807) is 0 Å². The summed E-state index contributed by atoms with van der Waals surface area (Å²) in [6, 6.07) is 26.0. The maximum absolute atomic E-state index is 12.4. The van der Waals surface area contributed by atoms with Crippen LogP contribution in [0.25, 0.3) is 0 Å². The molecule has 1 heterocycles. The summed E-state index contributed by atoms with van der Waals surface area (Å²) in [5.41, 5.74) is 5.37. The van der Waals surface area contributed by atoms with Crippen LogP contribution in [0.15, 0.2) is 78.9 Å². The van der Waals surface area contributed by atoms with Crippen LogP contribution in [0.5, 0.6) is 0 Å². The van der Waals surface area contributed by atoms with E-state index in [4.69, 9.17) is 0 Å². The molecular weight excluding hydrogens is 308 g/mol. The largest absolute Gasteiger partial charge is 0.367 e. The van der Waals surface area contributed by atoms with Crippen molar-refractivity contribution in [3.8, 4) is 0 Å². The van der Waals surface area contributed by atoms with Crippen molar-refractivity contribution in [2.75, 3.05) is 16.8 Å². The van der Waals surface area contributed by atoms with Crippen molar-refractivity contribution in [2.24, 2.45) is 0 Å². The highest BCUT2D eigenvalue weighted by atomic mass is 16.1. The molecule has 0 aromatic heterocycles. The first-order chi connectivity index (χ1) is 12.3. The number of fused-ring (bicyclic) bond motifs is 1. The molecule has 1 amide bonds. The maximum Gasteiger partial charge on any atom is 0.255 e. The molecule has 0 atom stereocenters. The van der Waals surface area contributed by atoms with Crippen LogP contribution in [-0.4, -0.2) is 12.5 Å². The lowest BCUT2D eigenvalue weighted by molar-refractivity contribution is 0.102. The number of carbonyl (C=O) groups excluding carboxylic acids is 1. The predicted octanol–water partition coefficient (Wildman–Crippen LogP) is 4.50. The van der Waals surface area contributed by atoms with Gasteiger partial charge in [0.05, 0.1) is 0 Å². The molecule has 1 aliphatic heterocycles. The lowest BCUT2D eigenvalue weighted by Crippen LogP contribution is -2.19. The van der Waals surface area contributed by atoms with E-state index in [-0.39, 0.29) is 5.91 Å². The smallest absolute Gasteiger partial charge is 0.255 e. The van der Waals surface area contributed by atoms with Gasteiger partial charge in [0.2, 0.25) is 0 Å². The molecule has 1 N–H and O–H groups in total. The molecule has 3 aromatic rings. The highest BCUT2D eigenvalue weighted by Crippen LogP contribution is 2.32. The molecule has 4 rings (SSSR count). The van der Waals surface area contributed by atoms with E-state index >= 15 is 0 Å². The number of nitrogens with one attached hydrogen (secondary N) is 1. The van der Waals surface area contributed by atoms with Crippen molar-refractivity contribution >= 4 is 17.3 Å². The van der Waals surface area contributed by atoms with Gasteiger partial charge in [0.25, 0.3) is 5.91 Å². The van der Waals surface area contributed by atoms with E-state index in [9.17, 15) is 4.79 Å². The summed E-state index contributed by atoms with van der Waals surface area (Å²) in [6.45, 7) is 1.91. The van der Waals surface area contributed by atoms with Crippen LogP contribution in [-0.2, 0) is 13.0 Å². The molecule has 0 aliphatic carbocycles. The highest BCUT2D eigenvalue weighted by Gasteiger charge is 2.20. The number of carbonyl (C=O) groups is 1. The van der Waals surface area contributed by atoms with Crippen LogP contribution in [0.1, 0.15) is 21.5 Å². The van der Waals surface area contributed by atoms with E-state index in [0.29, 0.717) is 5.56 Å². The van der Waals surface area contributed by atoms with Gasteiger partial charge in [0, 0.05) is 30.0 Å². The summed E-state index contributed by atoms with van der Waals surface area (Å²) in [6.07, 6.45) is 1.05. The molecular formula is C22H20N2O. The Morgan fingerprint density at radius 3 is 2.40 bits per heavy atom. The first kappa shape index (κ1) is 15.5. The summed E-state index contributed by atoms with van der Waals surface area (Å²) < 4.78 is 0. The predicted molar refractivity (Wildman–Crippen MR) is 102 cm³/mol. The summed E-state index contributed by atoms with van der Waals surface area (Å²) in [5.74, 6) is -0.0758. The molecule has 0 radical (unpaired) electrons. The Balaban J connectivity index is 1.53. The van der Waals surface area contributed by atoms with E-state index in [1.807, 2.05) is 42.5 Å². The lowest BCUT2D eigenvalue weighted by Gasteiger charge is -2.20. The zero-order chi connectivity index (χ0) is 17.1. The van der Waals surface area contributed by atoms with Crippen molar-refractivity contribution in [1.29, 1.82) is 0 Å². The van der Waals surface area contributed by atoms with Crippen LogP contribution in [0.2, 0.25) is 0 Å². The van der Waals surface area contributed by atoms with E-state index in [1.165, 1.54) is 16.8 Å². The minimum Gasteiger partial charge on any atom is -0.367 e. The third kappa shape index (κ3) is 3.41. The Bertz CT molecular complexity index is 875. The van der Waals surface area contributed by atoms with Gasteiger partial charge in [-0.3, -0.25) is 4.79 Å². The first-order valence-electron chi connectivity index (χ1n) is 8.58. The number of hydrogen-bond acceptors (Lipinski definition) is 2. The van der Waals surface area contributed by atoms with Crippen molar-refractivity contribution in [3.63, 3.8) is 0 Å². The first-order valence-corrected chi connectivity index (χ1v) is 8.58. The van der Waals surface area contributed by atoms with Crippen molar-refractivity contribution in [2.45, 2.75) is 13.0 Å². The van der Waals surface area contributed by atoms with Gasteiger partial charge in [-0.2, -0.15) is 0 Å². The van der Waals surface area contributed by atoms with E-state index in [0.717, 1.165) is 25.2 Å². The zero-order valence-electron chi connectivity index (χ0n) is 14.0. The standard InChI is InChI=1S/C22H20N2O/c25-22(19-9-5-2-6-10-19)23-20-12-11-18-13-14-24(21(18)15-20)16-17-7-3-1-4-8-17/h1-12,15H,13-14,16H2,(H,23,25). The minimum absolute atomic E-state index is 0.0758.